The van der Waals surface area contributed by atoms with Gasteiger partial charge in [-0.3, -0.25) is 4.79 Å². The average Bonchev–Trinajstić information content (AvgIpc) is 2.83. The van der Waals surface area contributed by atoms with Crippen LogP contribution in [0.2, 0.25) is 15.1 Å². The molecule has 0 saturated carbocycles. The number of hydrogen-bond acceptors (Lipinski definition) is 1. The summed E-state index contributed by atoms with van der Waals surface area (Å²) in [5.74, 6) is -0.155. The molecule has 0 aromatic heterocycles. The van der Waals surface area contributed by atoms with Gasteiger partial charge in [0.05, 0.1) is 16.1 Å². The standard InChI is InChI=1S/C27H20Cl3NO/c28-22-14-11-19(12-15-22)17-26(20-7-3-1-4-8-20)31(23-9-5-2-6-10-23)27(32)21-13-16-24(29)25(30)18-21/h1-16,18,26H,17H2. The van der Waals surface area contributed by atoms with Gasteiger partial charge >= 0.3 is 0 Å². The van der Waals surface area contributed by atoms with E-state index in [9.17, 15) is 4.79 Å². The molecule has 2 nitrogen and oxygen atoms in total. The van der Waals surface area contributed by atoms with Gasteiger partial charge in [-0.25, -0.2) is 0 Å². The molecular weight excluding hydrogens is 461 g/mol. The zero-order valence-corrected chi connectivity index (χ0v) is 19.4. The van der Waals surface area contributed by atoms with Crippen LogP contribution in [-0.4, -0.2) is 5.91 Å². The lowest BCUT2D eigenvalue weighted by molar-refractivity contribution is 0.0976. The molecule has 0 radical (unpaired) electrons. The highest BCUT2D eigenvalue weighted by atomic mass is 35.5. The van der Waals surface area contributed by atoms with Gasteiger partial charge in [0.1, 0.15) is 0 Å². The molecule has 0 aliphatic carbocycles. The summed E-state index contributed by atoms with van der Waals surface area (Å²) in [4.78, 5) is 15.7. The van der Waals surface area contributed by atoms with Crippen LogP contribution in [0.4, 0.5) is 5.69 Å². The molecule has 0 heterocycles. The van der Waals surface area contributed by atoms with Gasteiger partial charge < -0.3 is 4.90 Å². The number of halogens is 3. The van der Waals surface area contributed by atoms with Gasteiger partial charge in [0, 0.05) is 16.3 Å². The third-order valence-corrected chi connectivity index (χ3v) is 6.25. The maximum Gasteiger partial charge on any atom is 0.258 e. The molecule has 5 heteroatoms. The molecular formula is C27H20Cl3NO. The number of carbonyl (C=O) groups is 1. The summed E-state index contributed by atoms with van der Waals surface area (Å²) < 4.78 is 0. The Balaban J connectivity index is 1.83. The van der Waals surface area contributed by atoms with Gasteiger partial charge in [0.15, 0.2) is 0 Å². The van der Waals surface area contributed by atoms with Crippen LogP contribution >= 0.6 is 34.8 Å². The maximum atomic E-state index is 13.9. The Bertz CT molecular complexity index is 1190. The Morgan fingerprint density at radius 2 is 1.34 bits per heavy atom. The van der Waals surface area contributed by atoms with Crippen molar-refractivity contribution in [1.82, 2.24) is 0 Å². The van der Waals surface area contributed by atoms with Crippen LogP contribution in [-0.2, 0) is 6.42 Å². The monoisotopic (exact) mass is 479 g/mol. The van der Waals surface area contributed by atoms with Crippen LogP contribution in [0.1, 0.15) is 27.5 Å². The molecule has 0 bridgehead atoms. The number of hydrogen-bond donors (Lipinski definition) is 0. The van der Waals surface area contributed by atoms with Gasteiger partial charge in [-0.05, 0) is 60.0 Å². The molecule has 0 saturated heterocycles. The number of anilines is 1. The first-order valence-electron chi connectivity index (χ1n) is 10.2. The highest BCUT2D eigenvalue weighted by Crippen LogP contribution is 2.33. The van der Waals surface area contributed by atoms with E-state index >= 15 is 0 Å². The van der Waals surface area contributed by atoms with Crippen LogP contribution in [0.15, 0.2) is 103 Å². The molecule has 0 N–H and O–H groups in total. The maximum absolute atomic E-state index is 13.9. The van der Waals surface area contributed by atoms with Crippen molar-refractivity contribution < 1.29 is 4.79 Å². The predicted molar refractivity (Wildman–Crippen MR) is 134 cm³/mol. The number of benzene rings is 4. The van der Waals surface area contributed by atoms with Crippen molar-refractivity contribution in [3.05, 3.63) is 135 Å². The summed E-state index contributed by atoms with van der Waals surface area (Å²) in [6.45, 7) is 0. The van der Waals surface area contributed by atoms with E-state index in [1.54, 1.807) is 18.2 Å². The molecule has 0 fully saturated rings. The second-order valence-corrected chi connectivity index (χ2v) is 8.65. The summed E-state index contributed by atoms with van der Waals surface area (Å²) in [5, 5.41) is 1.44. The topological polar surface area (TPSA) is 20.3 Å². The Kier molecular flexibility index (Phi) is 7.16. The quantitative estimate of drug-likeness (QED) is 0.272. The van der Waals surface area contributed by atoms with Crippen LogP contribution in [0.3, 0.4) is 0 Å². The third-order valence-electron chi connectivity index (χ3n) is 5.26. The Labute approximate surface area is 203 Å². The predicted octanol–water partition coefficient (Wildman–Crippen LogP) is 8.28. The normalized spacial score (nSPS) is 11.7. The second-order valence-electron chi connectivity index (χ2n) is 7.40. The van der Waals surface area contributed by atoms with E-state index < -0.39 is 0 Å². The number of para-hydroxylation sites is 1. The van der Waals surface area contributed by atoms with Crippen molar-refractivity contribution in [2.24, 2.45) is 0 Å². The molecule has 1 amide bonds. The van der Waals surface area contributed by atoms with Gasteiger partial charge in [-0.15, -0.1) is 0 Å². The molecule has 0 aliphatic heterocycles. The van der Waals surface area contributed by atoms with Gasteiger partial charge in [-0.1, -0.05) is 95.5 Å². The fourth-order valence-electron chi connectivity index (χ4n) is 3.67. The zero-order chi connectivity index (χ0) is 22.5. The van der Waals surface area contributed by atoms with E-state index in [0.717, 1.165) is 16.8 Å². The molecule has 4 aromatic carbocycles. The highest BCUT2D eigenvalue weighted by molar-refractivity contribution is 6.42. The molecule has 1 unspecified atom stereocenters. The van der Waals surface area contributed by atoms with Crippen molar-refractivity contribution in [1.29, 1.82) is 0 Å². The van der Waals surface area contributed by atoms with Gasteiger partial charge in [-0.2, -0.15) is 0 Å². The molecule has 160 valence electrons. The van der Waals surface area contributed by atoms with Crippen molar-refractivity contribution in [2.75, 3.05) is 4.90 Å². The summed E-state index contributed by atoms with van der Waals surface area (Å²) >= 11 is 18.4. The van der Waals surface area contributed by atoms with Crippen molar-refractivity contribution in [3.8, 4) is 0 Å². The largest absolute Gasteiger partial charge is 0.301 e. The molecule has 1 atom stereocenters. The summed E-state index contributed by atoms with van der Waals surface area (Å²) in [5.41, 5.74) is 3.37. The molecule has 0 aliphatic rings. The van der Waals surface area contributed by atoms with E-state index in [-0.39, 0.29) is 11.9 Å². The summed E-state index contributed by atoms with van der Waals surface area (Å²) in [6.07, 6.45) is 0.614. The average molecular weight is 481 g/mol. The van der Waals surface area contributed by atoms with E-state index in [1.807, 2.05) is 89.8 Å². The molecule has 0 spiro atoms. The van der Waals surface area contributed by atoms with Crippen LogP contribution < -0.4 is 4.90 Å². The van der Waals surface area contributed by atoms with Crippen molar-refractivity contribution >= 4 is 46.4 Å². The molecule has 4 rings (SSSR count). The number of rotatable bonds is 6. The van der Waals surface area contributed by atoms with Crippen LogP contribution in [0.25, 0.3) is 0 Å². The second kappa shape index (κ2) is 10.2. The van der Waals surface area contributed by atoms with Crippen molar-refractivity contribution in [3.63, 3.8) is 0 Å². The molecule has 4 aromatic rings. The van der Waals surface area contributed by atoms with E-state index in [4.69, 9.17) is 34.8 Å². The lowest BCUT2D eigenvalue weighted by Crippen LogP contribution is -2.36. The minimum absolute atomic E-state index is 0.155. The van der Waals surface area contributed by atoms with Crippen LogP contribution in [0, 0.1) is 0 Å². The van der Waals surface area contributed by atoms with E-state index in [2.05, 4.69) is 0 Å². The Hall–Kier alpha value is -2.78. The van der Waals surface area contributed by atoms with E-state index in [0.29, 0.717) is 27.1 Å². The van der Waals surface area contributed by atoms with E-state index in [1.165, 1.54) is 0 Å². The zero-order valence-electron chi connectivity index (χ0n) is 17.1. The minimum atomic E-state index is -0.248. The minimum Gasteiger partial charge on any atom is -0.301 e. The third kappa shape index (κ3) is 5.16. The number of carbonyl (C=O) groups excluding carboxylic acids is 1. The number of amides is 1. The fourth-order valence-corrected chi connectivity index (χ4v) is 4.10. The smallest absolute Gasteiger partial charge is 0.258 e. The molecule has 32 heavy (non-hydrogen) atoms. The first-order chi connectivity index (χ1) is 15.5. The van der Waals surface area contributed by atoms with Crippen molar-refractivity contribution in [2.45, 2.75) is 12.5 Å². The highest BCUT2D eigenvalue weighted by Gasteiger charge is 2.28. The van der Waals surface area contributed by atoms with Gasteiger partial charge in [0.2, 0.25) is 0 Å². The first-order valence-corrected chi connectivity index (χ1v) is 11.3. The Morgan fingerprint density at radius 1 is 0.719 bits per heavy atom. The lowest BCUT2D eigenvalue weighted by atomic mass is 9.96. The number of nitrogens with zero attached hydrogens (tertiary/aromatic N) is 1. The first kappa shape index (κ1) is 22.4. The summed E-state index contributed by atoms with van der Waals surface area (Å²) in [6, 6.07) is 32.1. The van der Waals surface area contributed by atoms with Crippen LogP contribution in [0.5, 0.6) is 0 Å². The van der Waals surface area contributed by atoms with Gasteiger partial charge in [0.25, 0.3) is 5.91 Å². The fraction of sp³-hybridized carbons (Fsp3) is 0.0741. The lowest BCUT2D eigenvalue weighted by Gasteiger charge is -2.33. The summed E-state index contributed by atoms with van der Waals surface area (Å²) in [7, 11) is 0. The SMILES string of the molecule is O=C(c1ccc(Cl)c(Cl)c1)N(c1ccccc1)C(Cc1ccc(Cl)cc1)c1ccccc1. The Morgan fingerprint density at radius 3 is 1.97 bits per heavy atom.